The van der Waals surface area contributed by atoms with Gasteiger partial charge in [0.1, 0.15) is 0 Å². The number of piperidine rings is 1. The highest BCUT2D eigenvalue weighted by molar-refractivity contribution is 6.30. The summed E-state index contributed by atoms with van der Waals surface area (Å²) in [6.45, 7) is 5.09. The van der Waals surface area contributed by atoms with Crippen LogP contribution in [0.5, 0.6) is 0 Å². The van der Waals surface area contributed by atoms with Crippen LogP contribution in [0, 0.1) is 5.92 Å². The topological polar surface area (TPSA) is 79.0 Å². The molecule has 0 unspecified atom stereocenters. The molecule has 154 valence electrons. The molecule has 2 rings (SSSR count). The van der Waals surface area contributed by atoms with Gasteiger partial charge in [-0.25, -0.2) is 0 Å². The maximum Gasteiger partial charge on any atom is 0.309 e. The molecular formula is C20H28ClN3O4. The van der Waals surface area contributed by atoms with E-state index in [1.54, 1.807) is 55.0 Å². The highest BCUT2D eigenvalue weighted by Crippen LogP contribution is 2.20. The third-order valence-electron chi connectivity index (χ3n) is 4.97. The second kappa shape index (κ2) is 10.4. The zero-order chi connectivity index (χ0) is 20.7. The number of halogens is 1. The number of carbonyl (C=O) groups is 3. The Morgan fingerprint density at radius 1 is 1.25 bits per heavy atom. The van der Waals surface area contributed by atoms with Crippen molar-refractivity contribution >= 4 is 35.1 Å². The molecule has 0 aliphatic carbocycles. The molecule has 1 aromatic carbocycles. The fourth-order valence-corrected chi connectivity index (χ4v) is 3.27. The maximum absolute atomic E-state index is 12.7. The Morgan fingerprint density at radius 2 is 1.86 bits per heavy atom. The minimum atomic E-state index is -0.435. The summed E-state index contributed by atoms with van der Waals surface area (Å²) in [6.07, 6.45) is 1.22. The van der Waals surface area contributed by atoms with Crippen LogP contribution in [0.4, 0.5) is 5.69 Å². The average Bonchev–Trinajstić information content (AvgIpc) is 2.68. The van der Waals surface area contributed by atoms with Crippen molar-refractivity contribution in [3.8, 4) is 0 Å². The van der Waals surface area contributed by atoms with Gasteiger partial charge in [0, 0.05) is 23.8 Å². The van der Waals surface area contributed by atoms with E-state index < -0.39 is 6.04 Å². The minimum absolute atomic E-state index is 0.0379. The molecule has 1 heterocycles. The lowest BCUT2D eigenvalue weighted by Crippen LogP contribution is -2.50. The molecule has 1 saturated heterocycles. The maximum atomic E-state index is 12.7. The van der Waals surface area contributed by atoms with Crippen molar-refractivity contribution in [3.63, 3.8) is 0 Å². The lowest BCUT2D eigenvalue weighted by atomic mass is 9.96. The molecule has 1 aliphatic heterocycles. The number of hydrogen-bond acceptors (Lipinski definition) is 5. The molecule has 1 aromatic rings. The Kier molecular flexibility index (Phi) is 8.26. The SMILES string of the molecule is CCOC(=O)C1CCN(C(=O)[C@@H](C)N(C)CC(=O)Nc2ccc(Cl)cc2)CC1. The molecule has 0 aromatic heterocycles. The van der Waals surface area contributed by atoms with Gasteiger partial charge in [-0.3, -0.25) is 19.3 Å². The van der Waals surface area contributed by atoms with Crippen LogP contribution in [-0.4, -0.2) is 66.9 Å². The number of hydrogen-bond donors (Lipinski definition) is 1. The average molecular weight is 410 g/mol. The van der Waals surface area contributed by atoms with Gasteiger partial charge in [0.05, 0.1) is 25.1 Å². The predicted octanol–water partition coefficient (Wildman–Crippen LogP) is 2.40. The minimum Gasteiger partial charge on any atom is -0.466 e. The predicted molar refractivity (Wildman–Crippen MR) is 108 cm³/mol. The zero-order valence-electron chi connectivity index (χ0n) is 16.6. The van der Waals surface area contributed by atoms with E-state index >= 15 is 0 Å². The summed E-state index contributed by atoms with van der Waals surface area (Å²) < 4.78 is 5.06. The van der Waals surface area contributed by atoms with Gasteiger partial charge in [0.15, 0.2) is 0 Å². The van der Waals surface area contributed by atoms with Crippen LogP contribution in [0.15, 0.2) is 24.3 Å². The van der Waals surface area contributed by atoms with Crippen LogP contribution in [0.3, 0.4) is 0 Å². The van der Waals surface area contributed by atoms with Crippen molar-refractivity contribution in [1.29, 1.82) is 0 Å². The second-order valence-electron chi connectivity index (χ2n) is 7.00. The molecule has 0 bridgehead atoms. The van der Waals surface area contributed by atoms with E-state index in [9.17, 15) is 14.4 Å². The highest BCUT2D eigenvalue weighted by atomic mass is 35.5. The first-order valence-corrected chi connectivity index (χ1v) is 9.90. The van der Waals surface area contributed by atoms with Crippen LogP contribution in [0.1, 0.15) is 26.7 Å². The zero-order valence-corrected chi connectivity index (χ0v) is 17.4. The van der Waals surface area contributed by atoms with Crippen LogP contribution in [0.2, 0.25) is 5.02 Å². The van der Waals surface area contributed by atoms with E-state index in [4.69, 9.17) is 16.3 Å². The molecule has 1 fully saturated rings. The van der Waals surface area contributed by atoms with Crippen molar-refractivity contribution < 1.29 is 19.1 Å². The number of esters is 1. The van der Waals surface area contributed by atoms with Crippen molar-refractivity contribution in [3.05, 3.63) is 29.3 Å². The Labute approximate surface area is 171 Å². The molecule has 28 heavy (non-hydrogen) atoms. The van der Waals surface area contributed by atoms with Crippen molar-refractivity contribution in [1.82, 2.24) is 9.80 Å². The summed E-state index contributed by atoms with van der Waals surface area (Å²) >= 11 is 5.84. The number of rotatable bonds is 7. The monoisotopic (exact) mass is 409 g/mol. The molecule has 2 amide bonds. The van der Waals surface area contributed by atoms with Gasteiger partial charge < -0.3 is 15.0 Å². The number of likely N-dealkylation sites (N-methyl/N-ethyl adjacent to an activating group) is 1. The van der Waals surface area contributed by atoms with Crippen LogP contribution >= 0.6 is 11.6 Å². The highest BCUT2D eigenvalue weighted by Gasteiger charge is 2.31. The summed E-state index contributed by atoms with van der Waals surface area (Å²) in [4.78, 5) is 40.3. The summed E-state index contributed by atoms with van der Waals surface area (Å²) in [6, 6.07) is 6.42. The van der Waals surface area contributed by atoms with Gasteiger partial charge in [-0.15, -0.1) is 0 Å². The molecule has 7 nitrogen and oxygen atoms in total. The van der Waals surface area contributed by atoms with E-state index in [1.165, 1.54) is 0 Å². The standard InChI is InChI=1S/C20H28ClN3O4/c1-4-28-20(27)15-9-11-24(12-10-15)19(26)14(2)23(3)13-18(25)22-17-7-5-16(21)6-8-17/h5-8,14-15H,4,9-13H2,1-3H3,(H,22,25)/t14-/m1/s1. The van der Waals surface area contributed by atoms with Crippen LogP contribution in [0.25, 0.3) is 0 Å². The fraction of sp³-hybridized carbons (Fsp3) is 0.550. The second-order valence-corrected chi connectivity index (χ2v) is 7.43. The van der Waals surface area contributed by atoms with E-state index in [0.717, 1.165) is 0 Å². The Morgan fingerprint density at radius 3 is 2.43 bits per heavy atom. The number of amides is 2. The van der Waals surface area contributed by atoms with Gasteiger partial charge in [-0.05, 0) is 58.0 Å². The van der Waals surface area contributed by atoms with Crippen molar-refractivity contribution in [2.75, 3.05) is 38.6 Å². The number of anilines is 1. The van der Waals surface area contributed by atoms with Crippen molar-refractivity contribution in [2.24, 2.45) is 5.92 Å². The molecule has 1 N–H and O–H groups in total. The Balaban J connectivity index is 1.81. The summed E-state index contributed by atoms with van der Waals surface area (Å²) in [5, 5.41) is 3.39. The first-order chi connectivity index (χ1) is 13.3. The number of nitrogens with one attached hydrogen (secondary N) is 1. The number of benzene rings is 1. The van der Waals surface area contributed by atoms with Gasteiger partial charge in [-0.2, -0.15) is 0 Å². The van der Waals surface area contributed by atoms with E-state index in [-0.39, 0.29) is 30.2 Å². The Bertz CT molecular complexity index is 687. The van der Waals surface area contributed by atoms with E-state index in [1.807, 2.05) is 0 Å². The largest absolute Gasteiger partial charge is 0.466 e. The summed E-state index contributed by atoms with van der Waals surface area (Å²) in [5.74, 6) is -0.560. The lowest BCUT2D eigenvalue weighted by Gasteiger charge is -2.34. The summed E-state index contributed by atoms with van der Waals surface area (Å²) in [5.41, 5.74) is 0.655. The first-order valence-electron chi connectivity index (χ1n) is 9.53. The van der Waals surface area contributed by atoms with Gasteiger partial charge >= 0.3 is 5.97 Å². The van der Waals surface area contributed by atoms with Gasteiger partial charge in [0.2, 0.25) is 11.8 Å². The molecule has 8 heteroatoms. The normalized spacial score (nSPS) is 16.0. The number of ether oxygens (including phenoxy) is 1. The fourth-order valence-electron chi connectivity index (χ4n) is 3.15. The summed E-state index contributed by atoms with van der Waals surface area (Å²) in [7, 11) is 1.75. The molecule has 1 aliphatic rings. The first kappa shape index (κ1) is 22.2. The Hall–Kier alpha value is -2.12. The molecule has 0 spiro atoms. The van der Waals surface area contributed by atoms with E-state index in [2.05, 4.69) is 5.32 Å². The molecular weight excluding hydrogens is 382 g/mol. The van der Waals surface area contributed by atoms with Crippen molar-refractivity contribution in [2.45, 2.75) is 32.7 Å². The third-order valence-corrected chi connectivity index (χ3v) is 5.22. The molecule has 1 atom stereocenters. The quantitative estimate of drug-likeness (QED) is 0.699. The lowest BCUT2D eigenvalue weighted by molar-refractivity contribution is -0.152. The molecule has 0 radical (unpaired) electrons. The van der Waals surface area contributed by atoms with Gasteiger partial charge in [0.25, 0.3) is 0 Å². The van der Waals surface area contributed by atoms with Crippen LogP contribution < -0.4 is 5.32 Å². The number of carbonyl (C=O) groups excluding carboxylic acids is 3. The number of likely N-dealkylation sites (tertiary alicyclic amines) is 1. The van der Waals surface area contributed by atoms with Crippen LogP contribution in [-0.2, 0) is 19.1 Å². The number of nitrogens with zero attached hydrogens (tertiary/aromatic N) is 2. The molecule has 0 saturated carbocycles. The smallest absolute Gasteiger partial charge is 0.309 e. The third kappa shape index (κ3) is 6.21. The van der Waals surface area contributed by atoms with E-state index in [0.29, 0.717) is 43.2 Å². The van der Waals surface area contributed by atoms with Gasteiger partial charge in [-0.1, -0.05) is 11.6 Å².